The lowest BCUT2D eigenvalue weighted by Crippen LogP contribution is -2.41. The molecule has 2 N–H and O–H groups in total. The number of aromatic nitrogens is 4. The molecule has 0 saturated carbocycles. The summed E-state index contributed by atoms with van der Waals surface area (Å²) >= 11 is 0. The molecule has 0 aliphatic carbocycles. The van der Waals surface area contributed by atoms with E-state index in [9.17, 15) is 23.1 Å². The molecule has 2 saturated heterocycles. The molecule has 2 aliphatic heterocycles. The van der Waals surface area contributed by atoms with Crippen LogP contribution in [0.4, 0.5) is 19.0 Å². The lowest BCUT2D eigenvalue weighted by Gasteiger charge is -2.39. The molecular weight excluding hydrogens is 609 g/mol. The van der Waals surface area contributed by atoms with Crippen LogP contribution in [0.25, 0.3) is 16.8 Å². The minimum atomic E-state index is -4.78. The first-order chi connectivity index (χ1) is 22.2. The van der Waals surface area contributed by atoms with Crippen molar-refractivity contribution < 1.29 is 27.8 Å². The number of carboxylic acids is 1. The van der Waals surface area contributed by atoms with Crippen molar-refractivity contribution in [2.45, 2.75) is 72.2 Å². The third kappa shape index (κ3) is 6.69. The van der Waals surface area contributed by atoms with E-state index in [1.807, 2.05) is 25.7 Å². The minimum absolute atomic E-state index is 0.0915. The van der Waals surface area contributed by atoms with E-state index in [-0.39, 0.29) is 28.4 Å². The first kappa shape index (κ1) is 32.5. The number of ether oxygens (including phenoxy) is 1. The maximum atomic E-state index is 14.9. The maximum Gasteiger partial charge on any atom is 0.429 e. The van der Waals surface area contributed by atoms with E-state index in [1.165, 1.54) is 16.8 Å². The summed E-state index contributed by atoms with van der Waals surface area (Å²) in [5.74, 6) is -0.263. The van der Waals surface area contributed by atoms with Crippen molar-refractivity contribution in [3.8, 4) is 22.7 Å². The van der Waals surface area contributed by atoms with E-state index >= 15 is 0 Å². The number of piperidine rings is 1. The van der Waals surface area contributed by atoms with Crippen LogP contribution in [-0.4, -0.2) is 62.7 Å². The van der Waals surface area contributed by atoms with Crippen LogP contribution >= 0.6 is 0 Å². The monoisotopic (exact) mass is 648 g/mol. The molecule has 2 aromatic carbocycles. The van der Waals surface area contributed by atoms with Crippen LogP contribution in [-0.2, 0) is 4.79 Å². The minimum Gasteiger partial charge on any atom is -0.480 e. The Morgan fingerprint density at radius 2 is 1.72 bits per heavy atom. The first-order valence-corrected chi connectivity index (χ1v) is 15.8. The van der Waals surface area contributed by atoms with Crippen LogP contribution in [0.1, 0.15) is 59.1 Å². The van der Waals surface area contributed by atoms with E-state index in [1.54, 1.807) is 38.2 Å². The molecule has 1 unspecified atom stereocenters. The van der Waals surface area contributed by atoms with Crippen molar-refractivity contribution in [2.75, 3.05) is 24.5 Å². The van der Waals surface area contributed by atoms with Gasteiger partial charge < -0.3 is 20.1 Å². The molecule has 0 bridgehead atoms. The highest BCUT2D eigenvalue weighted by Gasteiger charge is 2.46. The standard InChI is InChI=1S/C35H39F3N6O3/c1-20-14-21(2)31(22(3)15-20)25-6-7-26(28(16-25)44-11-8-23(4)42-44)32(35(36,37)38)47-30-17-29(40-24(5)41-30)43-12-9-34(10-13-43)18-27(33(45)46)39-19-34/h6-8,11,14-17,27,32,39H,9-10,12-13,18-19H2,1-5H3,(H,45,46)/t27-,32?/m0/s1. The molecule has 2 aliphatic rings. The van der Waals surface area contributed by atoms with Gasteiger partial charge in [-0.1, -0.05) is 29.8 Å². The summed E-state index contributed by atoms with van der Waals surface area (Å²) < 4.78 is 52.1. The van der Waals surface area contributed by atoms with Crippen LogP contribution in [0.15, 0.2) is 48.7 Å². The molecule has 2 aromatic heterocycles. The lowest BCUT2D eigenvalue weighted by atomic mass is 9.76. The van der Waals surface area contributed by atoms with Gasteiger partial charge in [0.05, 0.1) is 11.4 Å². The fraction of sp³-hybridized carbons (Fsp3) is 0.429. The van der Waals surface area contributed by atoms with Crippen LogP contribution in [0, 0.1) is 40.0 Å². The Bertz CT molecular complexity index is 1790. The van der Waals surface area contributed by atoms with E-state index < -0.39 is 24.3 Å². The summed E-state index contributed by atoms with van der Waals surface area (Å²) in [7, 11) is 0. The quantitative estimate of drug-likeness (QED) is 0.232. The Kier molecular flexibility index (Phi) is 8.50. The number of alkyl halides is 3. The van der Waals surface area contributed by atoms with Gasteiger partial charge in [-0.25, -0.2) is 9.67 Å². The fourth-order valence-electron chi connectivity index (χ4n) is 7.16. The lowest BCUT2D eigenvalue weighted by molar-refractivity contribution is -0.198. The normalized spacial score (nSPS) is 18.5. The average molecular weight is 649 g/mol. The highest BCUT2D eigenvalue weighted by Crippen LogP contribution is 2.43. The summed E-state index contributed by atoms with van der Waals surface area (Å²) in [5.41, 5.74) is 5.62. The average Bonchev–Trinajstić information content (AvgIpc) is 3.62. The molecule has 0 radical (unpaired) electrons. The van der Waals surface area contributed by atoms with Crippen LogP contribution in [0.5, 0.6) is 5.88 Å². The molecule has 1 spiro atoms. The van der Waals surface area contributed by atoms with Gasteiger partial charge in [0.2, 0.25) is 12.0 Å². The highest BCUT2D eigenvalue weighted by molar-refractivity contribution is 5.74. The molecule has 4 heterocycles. The first-order valence-electron chi connectivity index (χ1n) is 15.8. The zero-order valence-electron chi connectivity index (χ0n) is 27.1. The second-order valence-electron chi connectivity index (χ2n) is 13.1. The summed E-state index contributed by atoms with van der Waals surface area (Å²) in [4.78, 5) is 22.3. The molecule has 2 fully saturated rings. The Labute approximate surface area is 271 Å². The Hall–Kier alpha value is -4.45. The molecule has 6 rings (SSSR count). The summed E-state index contributed by atoms with van der Waals surface area (Å²) in [5, 5.41) is 17.0. The van der Waals surface area contributed by atoms with Crippen molar-refractivity contribution >= 4 is 11.8 Å². The summed E-state index contributed by atoms with van der Waals surface area (Å²) in [6.45, 7) is 11.2. The predicted octanol–water partition coefficient (Wildman–Crippen LogP) is 6.59. The fourth-order valence-corrected chi connectivity index (χ4v) is 7.16. The van der Waals surface area contributed by atoms with Crippen molar-refractivity contribution in [1.82, 2.24) is 25.1 Å². The number of nitrogens with zero attached hydrogens (tertiary/aromatic N) is 5. The number of hydrogen-bond acceptors (Lipinski definition) is 7. The number of carboxylic acid groups (broad SMARTS) is 1. The number of rotatable bonds is 7. The van der Waals surface area contributed by atoms with Gasteiger partial charge in [-0.3, -0.25) is 4.79 Å². The topological polar surface area (TPSA) is 105 Å². The van der Waals surface area contributed by atoms with E-state index in [2.05, 4.69) is 32.5 Å². The molecule has 0 amide bonds. The molecule has 248 valence electrons. The Morgan fingerprint density at radius 1 is 1.02 bits per heavy atom. The Balaban J connectivity index is 1.33. The zero-order valence-corrected chi connectivity index (χ0v) is 27.1. The van der Waals surface area contributed by atoms with Gasteiger partial charge in [-0.2, -0.15) is 23.3 Å². The van der Waals surface area contributed by atoms with Gasteiger partial charge in [-0.15, -0.1) is 0 Å². The second kappa shape index (κ2) is 12.3. The van der Waals surface area contributed by atoms with Gasteiger partial charge >= 0.3 is 12.1 Å². The van der Waals surface area contributed by atoms with Crippen LogP contribution < -0.4 is 15.0 Å². The number of carbonyl (C=O) groups is 1. The van der Waals surface area contributed by atoms with E-state index in [0.717, 1.165) is 40.7 Å². The number of benzene rings is 2. The van der Waals surface area contributed by atoms with Crippen molar-refractivity contribution in [3.63, 3.8) is 0 Å². The highest BCUT2D eigenvalue weighted by atomic mass is 19.4. The summed E-state index contributed by atoms with van der Waals surface area (Å²) in [6, 6.07) is 11.7. The number of hydrogen-bond donors (Lipinski definition) is 2. The Morgan fingerprint density at radius 3 is 2.32 bits per heavy atom. The molecule has 47 heavy (non-hydrogen) atoms. The number of nitrogens with one attached hydrogen (secondary N) is 1. The van der Waals surface area contributed by atoms with Crippen LogP contribution in [0.3, 0.4) is 0 Å². The predicted molar refractivity (Wildman–Crippen MR) is 172 cm³/mol. The van der Waals surface area contributed by atoms with Crippen LogP contribution in [0.2, 0.25) is 0 Å². The van der Waals surface area contributed by atoms with Gasteiger partial charge in [-0.05, 0) is 93.7 Å². The summed E-state index contributed by atoms with van der Waals surface area (Å²) in [6.07, 6.45) is -3.42. The zero-order chi connectivity index (χ0) is 33.7. The molecule has 2 atom stereocenters. The van der Waals surface area contributed by atoms with E-state index in [4.69, 9.17) is 4.74 Å². The number of aliphatic carboxylic acids is 1. The maximum absolute atomic E-state index is 14.9. The van der Waals surface area contributed by atoms with Gasteiger partial charge in [0.25, 0.3) is 0 Å². The molecule has 12 heteroatoms. The van der Waals surface area contributed by atoms with Crippen molar-refractivity contribution in [1.29, 1.82) is 0 Å². The van der Waals surface area contributed by atoms with E-state index in [0.29, 0.717) is 37.6 Å². The third-order valence-electron chi connectivity index (χ3n) is 9.39. The van der Waals surface area contributed by atoms with Gasteiger partial charge in [0, 0.05) is 37.5 Å². The smallest absolute Gasteiger partial charge is 0.429 e. The van der Waals surface area contributed by atoms with Crippen molar-refractivity contribution in [2.24, 2.45) is 5.41 Å². The molecule has 4 aromatic rings. The number of anilines is 1. The molecule has 9 nitrogen and oxygen atoms in total. The van der Waals surface area contributed by atoms with Gasteiger partial charge in [0.15, 0.2) is 0 Å². The van der Waals surface area contributed by atoms with Gasteiger partial charge in [0.1, 0.15) is 17.7 Å². The molecular formula is C35H39F3N6O3. The second-order valence-corrected chi connectivity index (χ2v) is 13.1. The number of aryl methyl sites for hydroxylation is 5. The number of halogens is 3. The largest absolute Gasteiger partial charge is 0.480 e. The third-order valence-corrected chi connectivity index (χ3v) is 9.39. The van der Waals surface area contributed by atoms with Crippen molar-refractivity contribution in [3.05, 3.63) is 82.4 Å². The SMILES string of the molecule is Cc1cc(C)c(-c2ccc(C(Oc3cc(N4CCC5(CC4)CN[C@H](C(=O)O)C5)nc(C)n3)C(F)(F)F)c(-n3ccc(C)n3)c2)c(C)c1.